The summed E-state index contributed by atoms with van der Waals surface area (Å²) in [6.07, 6.45) is 1.14. The Balaban J connectivity index is 2.61. The van der Waals surface area contributed by atoms with Crippen molar-refractivity contribution in [3.63, 3.8) is 0 Å². The van der Waals surface area contributed by atoms with Gasteiger partial charge in [0, 0.05) is 6.20 Å². The highest BCUT2D eigenvalue weighted by Gasteiger charge is 2.25. The van der Waals surface area contributed by atoms with Gasteiger partial charge in [0.25, 0.3) is 5.56 Å². The van der Waals surface area contributed by atoms with Crippen LogP contribution >= 0.6 is 11.6 Å². The van der Waals surface area contributed by atoms with E-state index in [-0.39, 0.29) is 11.6 Å². The molecule has 6 nitrogen and oxygen atoms in total. The number of nitrogens with one attached hydrogen (secondary N) is 1. The maximum absolute atomic E-state index is 12.2. The fourth-order valence-electron chi connectivity index (χ4n) is 1.92. The van der Waals surface area contributed by atoms with E-state index < -0.39 is 23.3 Å². The molecule has 0 saturated carbocycles. The first-order valence-corrected chi connectivity index (χ1v) is 6.65. The van der Waals surface area contributed by atoms with E-state index in [4.69, 9.17) is 16.3 Å². The number of benzene rings is 1. The summed E-state index contributed by atoms with van der Waals surface area (Å²) in [6, 6.07) is 7.63. The van der Waals surface area contributed by atoms with Gasteiger partial charge in [0.15, 0.2) is 6.04 Å². The van der Waals surface area contributed by atoms with Crippen LogP contribution in [-0.4, -0.2) is 22.1 Å². The molecule has 0 aliphatic rings. The maximum atomic E-state index is 12.2. The lowest BCUT2D eigenvalue weighted by atomic mass is 10.1. The average Bonchev–Trinajstić information content (AvgIpc) is 2.46. The molecule has 1 heterocycles. The number of aromatic nitrogens is 2. The Labute approximate surface area is 124 Å². The summed E-state index contributed by atoms with van der Waals surface area (Å²) in [5, 5.41) is -0.181. The van der Waals surface area contributed by atoms with E-state index in [0.29, 0.717) is 5.56 Å². The number of rotatable bonds is 4. The van der Waals surface area contributed by atoms with E-state index in [1.807, 2.05) is 0 Å². The summed E-state index contributed by atoms with van der Waals surface area (Å²) in [7, 11) is 0. The molecule has 1 N–H and O–H groups in total. The van der Waals surface area contributed by atoms with Crippen LogP contribution in [-0.2, 0) is 9.53 Å². The molecule has 0 aliphatic heterocycles. The Bertz CT molecular complexity index is 752. The average molecular weight is 309 g/mol. The monoisotopic (exact) mass is 308 g/mol. The standard InChI is InChI=1S/C14H13ClN2O4/c1-2-21-13(19)11(9-6-4-3-5-7-9)17-8-10(15)12(18)16-14(17)20/h3-8,11H,2H2,1H3,(H,16,18,20). The Hall–Kier alpha value is -2.34. The normalized spacial score (nSPS) is 11.9. The van der Waals surface area contributed by atoms with Crippen LogP contribution in [0.2, 0.25) is 5.02 Å². The molecule has 1 unspecified atom stereocenters. The zero-order valence-electron chi connectivity index (χ0n) is 11.2. The van der Waals surface area contributed by atoms with Crippen LogP contribution in [0.25, 0.3) is 0 Å². The highest BCUT2D eigenvalue weighted by Crippen LogP contribution is 2.18. The molecule has 1 atom stereocenters. The zero-order chi connectivity index (χ0) is 15.4. The first kappa shape index (κ1) is 15.1. The number of nitrogens with zero attached hydrogens (tertiary/aromatic N) is 1. The van der Waals surface area contributed by atoms with E-state index in [9.17, 15) is 14.4 Å². The number of esters is 1. The first-order chi connectivity index (χ1) is 10.0. The minimum absolute atomic E-state index is 0.175. The molecule has 110 valence electrons. The van der Waals surface area contributed by atoms with E-state index in [1.165, 1.54) is 0 Å². The highest BCUT2D eigenvalue weighted by molar-refractivity contribution is 6.30. The van der Waals surface area contributed by atoms with Crippen molar-refractivity contribution in [2.75, 3.05) is 6.61 Å². The topological polar surface area (TPSA) is 81.2 Å². The van der Waals surface area contributed by atoms with Gasteiger partial charge >= 0.3 is 11.7 Å². The number of carbonyl (C=O) groups excluding carboxylic acids is 1. The summed E-state index contributed by atoms with van der Waals surface area (Å²) in [4.78, 5) is 37.5. The van der Waals surface area contributed by atoms with Crippen LogP contribution in [0.3, 0.4) is 0 Å². The van der Waals surface area contributed by atoms with Crippen molar-refractivity contribution < 1.29 is 9.53 Å². The van der Waals surface area contributed by atoms with Gasteiger partial charge in [0.1, 0.15) is 5.02 Å². The van der Waals surface area contributed by atoms with Crippen LogP contribution < -0.4 is 11.2 Å². The summed E-state index contributed by atoms with van der Waals surface area (Å²) in [5.41, 5.74) is -0.874. The molecule has 0 amide bonds. The van der Waals surface area contributed by atoms with Crippen LogP contribution in [0.4, 0.5) is 0 Å². The Morgan fingerprint density at radius 2 is 2.00 bits per heavy atom. The molecule has 7 heteroatoms. The third kappa shape index (κ3) is 3.22. The smallest absolute Gasteiger partial charge is 0.333 e. The summed E-state index contributed by atoms with van der Waals surface area (Å²) < 4.78 is 6.06. The van der Waals surface area contributed by atoms with Crippen LogP contribution in [0.5, 0.6) is 0 Å². The molecule has 0 saturated heterocycles. The molecule has 0 aliphatic carbocycles. The largest absolute Gasteiger partial charge is 0.464 e. The van der Waals surface area contributed by atoms with Gasteiger partial charge in [-0.25, -0.2) is 9.59 Å². The second kappa shape index (κ2) is 6.41. The predicted molar refractivity (Wildman–Crippen MR) is 77.5 cm³/mol. The van der Waals surface area contributed by atoms with Crippen molar-refractivity contribution in [3.05, 3.63) is 68.0 Å². The number of aromatic amines is 1. The van der Waals surface area contributed by atoms with Crippen molar-refractivity contribution in [2.24, 2.45) is 0 Å². The van der Waals surface area contributed by atoms with Crippen molar-refractivity contribution >= 4 is 17.6 Å². The quantitative estimate of drug-likeness (QED) is 0.864. The predicted octanol–water partition coefficient (Wildman–Crippen LogP) is 1.34. The van der Waals surface area contributed by atoms with Crippen LogP contribution in [0.1, 0.15) is 18.5 Å². The molecule has 1 aromatic heterocycles. The first-order valence-electron chi connectivity index (χ1n) is 6.27. The van der Waals surface area contributed by atoms with E-state index >= 15 is 0 Å². The van der Waals surface area contributed by atoms with Crippen molar-refractivity contribution in [2.45, 2.75) is 13.0 Å². The van der Waals surface area contributed by atoms with E-state index in [2.05, 4.69) is 4.98 Å². The Morgan fingerprint density at radius 1 is 1.33 bits per heavy atom. The minimum atomic E-state index is -1.01. The van der Waals surface area contributed by atoms with Gasteiger partial charge in [-0.2, -0.15) is 0 Å². The van der Waals surface area contributed by atoms with Gasteiger partial charge in [-0.05, 0) is 12.5 Å². The second-order valence-electron chi connectivity index (χ2n) is 4.21. The molecular weight excluding hydrogens is 296 g/mol. The number of halogens is 1. The zero-order valence-corrected chi connectivity index (χ0v) is 12.0. The molecule has 0 bridgehead atoms. The summed E-state index contributed by atoms with van der Waals surface area (Å²) in [5.74, 6) is -0.603. The Kier molecular flexibility index (Phi) is 4.59. The van der Waals surface area contributed by atoms with Crippen molar-refractivity contribution in [3.8, 4) is 0 Å². The molecule has 2 aromatic rings. The fraction of sp³-hybridized carbons (Fsp3) is 0.214. The minimum Gasteiger partial charge on any atom is -0.464 e. The third-order valence-corrected chi connectivity index (χ3v) is 3.10. The van der Waals surface area contributed by atoms with Gasteiger partial charge < -0.3 is 4.74 Å². The number of hydrogen-bond acceptors (Lipinski definition) is 4. The number of hydrogen-bond donors (Lipinski definition) is 1. The molecule has 0 radical (unpaired) electrons. The number of carbonyl (C=O) groups is 1. The van der Waals surface area contributed by atoms with Crippen LogP contribution in [0, 0.1) is 0 Å². The van der Waals surface area contributed by atoms with Crippen molar-refractivity contribution in [1.82, 2.24) is 9.55 Å². The summed E-state index contributed by atoms with van der Waals surface area (Å²) in [6.45, 7) is 1.84. The van der Waals surface area contributed by atoms with Gasteiger partial charge in [0.05, 0.1) is 6.61 Å². The molecule has 0 fully saturated rings. The highest BCUT2D eigenvalue weighted by atomic mass is 35.5. The lowest BCUT2D eigenvalue weighted by Crippen LogP contribution is -2.36. The molecule has 1 aromatic carbocycles. The Morgan fingerprint density at radius 3 is 2.62 bits per heavy atom. The number of H-pyrrole nitrogens is 1. The summed E-state index contributed by atoms with van der Waals surface area (Å²) >= 11 is 5.74. The molecule has 21 heavy (non-hydrogen) atoms. The van der Waals surface area contributed by atoms with Gasteiger partial charge in [-0.15, -0.1) is 0 Å². The van der Waals surface area contributed by atoms with Gasteiger partial charge in [-0.1, -0.05) is 41.9 Å². The maximum Gasteiger partial charge on any atom is 0.333 e. The van der Waals surface area contributed by atoms with E-state index in [0.717, 1.165) is 10.8 Å². The van der Waals surface area contributed by atoms with Crippen molar-refractivity contribution in [1.29, 1.82) is 0 Å². The lowest BCUT2D eigenvalue weighted by Gasteiger charge is -2.18. The fourth-order valence-corrected chi connectivity index (χ4v) is 2.07. The van der Waals surface area contributed by atoms with E-state index in [1.54, 1.807) is 37.3 Å². The van der Waals surface area contributed by atoms with Gasteiger partial charge in [0.2, 0.25) is 0 Å². The third-order valence-electron chi connectivity index (χ3n) is 2.83. The van der Waals surface area contributed by atoms with Gasteiger partial charge in [-0.3, -0.25) is 14.3 Å². The lowest BCUT2D eigenvalue weighted by molar-refractivity contribution is -0.145. The second-order valence-corrected chi connectivity index (χ2v) is 4.62. The molecule has 2 rings (SSSR count). The number of ether oxygens (including phenoxy) is 1. The molecule has 0 spiro atoms. The SMILES string of the molecule is CCOC(=O)C(c1ccccc1)n1cc(Cl)c(=O)[nH]c1=O. The van der Waals surface area contributed by atoms with Crippen LogP contribution in [0.15, 0.2) is 46.1 Å². The molecular formula is C14H13ClN2O4.